The van der Waals surface area contributed by atoms with E-state index in [4.69, 9.17) is 0 Å². The van der Waals surface area contributed by atoms with E-state index in [0.717, 1.165) is 41.3 Å². The predicted octanol–water partition coefficient (Wildman–Crippen LogP) is 2.97. The summed E-state index contributed by atoms with van der Waals surface area (Å²) in [6, 6.07) is 6.45. The predicted molar refractivity (Wildman–Crippen MR) is 81.5 cm³/mol. The first-order valence-corrected chi connectivity index (χ1v) is 7.69. The molecule has 1 fully saturated rings. The Morgan fingerprint density at radius 1 is 1.47 bits per heavy atom. The zero-order valence-corrected chi connectivity index (χ0v) is 13.2. The lowest BCUT2D eigenvalue weighted by atomic mass is 10.1. The molecule has 1 aromatic rings. The number of aryl methyl sites for hydroxylation is 1. The molecule has 0 saturated heterocycles. The van der Waals surface area contributed by atoms with Crippen LogP contribution < -0.4 is 5.32 Å². The number of carbonyl (C=O) groups excluding carboxylic acids is 1. The van der Waals surface area contributed by atoms with Crippen LogP contribution in [0.5, 0.6) is 0 Å². The first kappa shape index (κ1) is 14.5. The van der Waals surface area contributed by atoms with Crippen LogP contribution in [0.4, 0.5) is 0 Å². The summed E-state index contributed by atoms with van der Waals surface area (Å²) in [7, 11) is 0. The lowest BCUT2D eigenvalue weighted by Gasteiger charge is -2.19. The number of hydrogen-bond donors (Lipinski definition) is 1. The molecular weight excluding hydrogens is 304 g/mol. The molecule has 19 heavy (non-hydrogen) atoms. The van der Waals surface area contributed by atoms with E-state index in [1.807, 2.05) is 25.1 Å². The maximum absolute atomic E-state index is 12.0. The number of carbonyl (C=O) groups is 1. The van der Waals surface area contributed by atoms with Crippen molar-refractivity contribution in [2.45, 2.75) is 32.7 Å². The molecule has 1 saturated carbocycles. The number of likely N-dealkylation sites (N-methyl/N-ethyl adjacent to an activating group) is 1. The Kier molecular flexibility index (Phi) is 4.99. The molecule has 0 atom stereocenters. The minimum absolute atomic E-state index is 0.0162. The van der Waals surface area contributed by atoms with E-state index in [0.29, 0.717) is 0 Å². The minimum atomic E-state index is 0.0162. The fourth-order valence-electron chi connectivity index (χ4n) is 2.24. The molecule has 0 unspecified atom stereocenters. The van der Waals surface area contributed by atoms with Gasteiger partial charge in [-0.05, 0) is 50.1 Å². The van der Waals surface area contributed by atoms with Gasteiger partial charge in [0, 0.05) is 29.2 Å². The van der Waals surface area contributed by atoms with Gasteiger partial charge >= 0.3 is 0 Å². The number of halogens is 1. The van der Waals surface area contributed by atoms with Crippen molar-refractivity contribution < 1.29 is 4.79 Å². The van der Waals surface area contributed by atoms with Crippen LogP contribution in [0, 0.1) is 6.92 Å². The van der Waals surface area contributed by atoms with Gasteiger partial charge in [0.25, 0.3) is 5.91 Å². The average Bonchev–Trinajstić information content (AvgIpc) is 3.22. The molecule has 0 spiro atoms. The maximum atomic E-state index is 12.0. The number of benzene rings is 1. The van der Waals surface area contributed by atoms with Crippen molar-refractivity contribution in [1.82, 2.24) is 10.2 Å². The largest absolute Gasteiger partial charge is 0.351 e. The third-order valence-electron chi connectivity index (χ3n) is 3.57. The SMILES string of the molecule is CCN(CCNC(=O)c1ccc(Br)c(C)c1)C1CC1. The molecule has 0 radical (unpaired) electrons. The van der Waals surface area contributed by atoms with Gasteiger partial charge in [-0.3, -0.25) is 9.69 Å². The van der Waals surface area contributed by atoms with Crippen LogP contribution in [0.1, 0.15) is 35.7 Å². The molecule has 4 heteroatoms. The van der Waals surface area contributed by atoms with Gasteiger partial charge in [-0.25, -0.2) is 0 Å². The molecule has 3 nitrogen and oxygen atoms in total. The summed E-state index contributed by atoms with van der Waals surface area (Å²) in [5.74, 6) is 0.0162. The molecule has 1 aliphatic rings. The van der Waals surface area contributed by atoms with Crippen molar-refractivity contribution in [2.24, 2.45) is 0 Å². The quantitative estimate of drug-likeness (QED) is 0.872. The van der Waals surface area contributed by atoms with E-state index in [2.05, 4.69) is 33.1 Å². The summed E-state index contributed by atoms with van der Waals surface area (Å²) in [6.45, 7) is 6.91. The lowest BCUT2D eigenvalue weighted by molar-refractivity contribution is 0.0948. The van der Waals surface area contributed by atoms with Gasteiger partial charge in [-0.2, -0.15) is 0 Å². The molecule has 1 N–H and O–H groups in total. The van der Waals surface area contributed by atoms with Crippen molar-refractivity contribution in [3.05, 3.63) is 33.8 Å². The van der Waals surface area contributed by atoms with E-state index >= 15 is 0 Å². The smallest absolute Gasteiger partial charge is 0.251 e. The maximum Gasteiger partial charge on any atom is 0.251 e. The second-order valence-electron chi connectivity index (χ2n) is 5.08. The number of hydrogen-bond acceptors (Lipinski definition) is 2. The number of rotatable bonds is 6. The van der Waals surface area contributed by atoms with Crippen LogP contribution in [-0.4, -0.2) is 36.5 Å². The fraction of sp³-hybridized carbons (Fsp3) is 0.533. The van der Waals surface area contributed by atoms with Crippen molar-refractivity contribution in [2.75, 3.05) is 19.6 Å². The summed E-state index contributed by atoms with van der Waals surface area (Å²) in [4.78, 5) is 14.5. The van der Waals surface area contributed by atoms with Crippen LogP contribution in [-0.2, 0) is 0 Å². The molecule has 0 heterocycles. The summed E-state index contributed by atoms with van der Waals surface area (Å²) < 4.78 is 1.04. The second kappa shape index (κ2) is 6.53. The Morgan fingerprint density at radius 3 is 2.79 bits per heavy atom. The van der Waals surface area contributed by atoms with E-state index < -0.39 is 0 Å². The Balaban J connectivity index is 1.81. The zero-order valence-electron chi connectivity index (χ0n) is 11.6. The highest BCUT2D eigenvalue weighted by molar-refractivity contribution is 9.10. The second-order valence-corrected chi connectivity index (χ2v) is 5.93. The first-order valence-electron chi connectivity index (χ1n) is 6.90. The number of amides is 1. The van der Waals surface area contributed by atoms with Gasteiger partial charge in [0.05, 0.1) is 0 Å². The summed E-state index contributed by atoms with van der Waals surface area (Å²) in [5.41, 5.74) is 1.82. The standard InChI is InChI=1S/C15H21BrN2O/c1-3-18(13-5-6-13)9-8-17-15(19)12-4-7-14(16)11(2)10-12/h4,7,10,13H,3,5-6,8-9H2,1-2H3,(H,17,19). The summed E-state index contributed by atoms with van der Waals surface area (Å²) in [6.07, 6.45) is 2.63. The Morgan fingerprint density at radius 2 is 2.21 bits per heavy atom. The third-order valence-corrected chi connectivity index (χ3v) is 4.46. The van der Waals surface area contributed by atoms with Gasteiger partial charge in [0.2, 0.25) is 0 Å². The normalized spacial score (nSPS) is 14.7. The molecular formula is C15H21BrN2O. The van der Waals surface area contributed by atoms with Gasteiger partial charge in [-0.1, -0.05) is 22.9 Å². The zero-order chi connectivity index (χ0) is 13.8. The molecule has 0 bridgehead atoms. The molecule has 1 amide bonds. The summed E-state index contributed by atoms with van der Waals surface area (Å²) >= 11 is 3.44. The van der Waals surface area contributed by atoms with Crippen molar-refractivity contribution >= 4 is 21.8 Å². The summed E-state index contributed by atoms with van der Waals surface area (Å²) in [5, 5.41) is 3.00. The third kappa shape index (κ3) is 4.05. The Hall–Kier alpha value is -0.870. The highest BCUT2D eigenvalue weighted by Gasteiger charge is 2.27. The van der Waals surface area contributed by atoms with E-state index in [1.54, 1.807) is 0 Å². The van der Waals surface area contributed by atoms with E-state index in [-0.39, 0.29) is 5.91 Å². The number of nitrogens with zero attached hydrogens (tertiary/aromatic N) is 1. The monoisotopic (exact) mass is 324 g/mol. The van der Waals surface area contributed by atoms with Crippen molar-refractivity contribution in [3.63, 3.8) is 0 Å². The molecule has 0 aliphatic heterocycles. The van der Waals surface area contributed by atoms with Gasteiger partial charge < -0.3 is 5.32 Å². The molecule has 1 aliphatic carbocycles. The number of nitrogens with one attached hydrogen (secondary N) is 1. The highest BCUT2D eigenvalue weighted by atomic mass is 79.9. The Labute approximate surface area is 123 Å². The molecule has 2 rings (SSSR count). The van der Waals surface area contributed by atoms with Crippen molar-refractivity contribution in [3.8, 4) is 0 Å². The van der Waals surface area contributed by atoms with Gasteiger partial charge in [0.15, 0.2) is 0 Å². The molecule has 1 aromatic carbocycles. The Bertz CT molecular complexity index is 457. The van der Waals surface area contributed by atoms with E-state index in [9.17, 15) is 4.79 Å². The average molecular weight is 325 g/mol. The van der Waals surface area contributed by atoms with Crippen LogP contribution in [0.3, 0.4) is 0 Å². The van der Waals surface area contributed by atoms with E-state index in [1.165, 1.54) is 12.8 Å². The molecule has 104 valence electrons. The van der Waals surface area contributed by atoms with Crippen LogP contribution in [0.2, 0.25) is 0 Å². The minimum Gasteiger partial charge on any atom is -0.351 e. The van der Waals surface area contributed by atoms with Crippen LogP contribution >= 0.6 is 15.9 Å². The van der Waals surface area contributed by atoms with Crippen molar-refractivity contribution in [1.29, 1.82) is 0 Å². The lowest BCUT2D eigenvalue weighted by Crippen LogP contribution is -2.36. The van der Waals surface area contributed by atoms with Gasteiger partial charge in [-0.15, -0.1) is 0 Å². The first-order chi connectivity index (χ1) is 9.11. The van der Waals surface area contributed by atoms with Gasteiger partial charge in [0.1, 0.15) is 0 Å². The van der Waals surface area contributed by atoms with Crippen LogP contribution in [0.15, 0.2) is 22.7 Å². The molecule has 0 aromatic heterocycles. The highest BCUT2D eigenvalue weighted by Crippen LogP contribution is 2.25. The fourth-order valence-corrected chi connectivity index (χ4v) is 2.49. The topological polar surface area (TPSA) is 32.3 Å². The van der Waals surface area contributed by atoms with Crippen LogP contribution in [0.25, 0.3) is 0 Å².